The van der Waals surface area contributed by atoms with Crippen molar-refractivity contribution in [3.63, 3.8) is 0 Å². The van der Waals surface area contributed by atoms with Crippen LogP contribution in [0.25, 0.3) is 0 Å². The molecule has 0 radical (unpaired) electrons. The van der Waals surface area contributed by atoms with Gasteiger partial charge < -0.3 is 76.2 Å². The van der Waals surface area contributed by atoms with Gasteiger partial charge in [0.05, 0.1) is 0 Å². The standard InChI is InChI=1S/C38H52O26/c1-14(39)50-11-24-28(30(54-18(5)43)33(36(49)60-24)57-21(8)46)63-38-35(59-23(10)48)32(56-20(7)45)29(26(62-38)13-52-16(3)41)64-37-34(58-22(9)47)31(55-19(6)44)27(53-17(4)42)25(61-37)12-51-15(2)40/h24-38,49H,11-13H2,1-10H3/t24-,25-,26-,27+,28-,29+,30+,31+,32+,33-,34-,35-,36-,37-,38+/m1/s1. The molecule has 0 aromatic heterocycles. The molecule has 3 aliphatic rings. The second kappa shape index (κ2) is 23.9. The average molecular weight is 925 g/mol. The van der Waals surface area contributed by atoms with Gasteiger partial charge in [-0.15, -0.1) is 0 Å². The summed E-state index contributed by atoms with van der Waals surface area (Å²) in [4.78, 5) is 124. The lowest BCUT2D eigenvalue weighted by molar-refractivity contribution is -0.378. The predicted octanol–water partition coefficient (Wildman–Crippen LogP) is -1.86. The summed E-state index contributed by atoms with van der Waals surface area (Å²) in [6.45, 7) is 7.65. The number of ether oxygens (including phenoxy) is 15. The van der Waals surface area contributed by atoms with Crippen LogP contribution in [0.15, 0.2) is 0 Å². The molecule has 26 heteroatoms. The van der Waals surface area contributed by atoms with Crippen LogP contribution in [0, 0.1) is 0 Å². The van der Waals surface area contributed by atoms with Crippen LogP contribution in [0.1, 0.15) is 69.2 Å². The van der Waals surface area contributed by atoms with Crippen LogP contribution in [0.5, 0.6) is 0 Å². The van der Waals surface area contributed by atoms with Crippen LogP contribution in [-0.2, 0) is 119 Å². The third kappa shape index (κ3) is 15.6. The summed E-state index contributed by atoms with van der Waals surface area (Å²) in [5.74, 6) is -9.61. The van der Waals surface area contributed by atoms with E-state index in [4.69, 9.17) is 71.1 Å². The van der Waals surface area contributed by atoms with Crippen LogP contribution in [0.4, 0.5) is 0 Å². The van der Waals surface area contributed by atoms with Crippen molar-refractivity contribution in [1.82, 2.24) is 0 Å². The Hall–Kier alpha value is -5.54. The largest absolute Gasteiger partial charge is 0.463 e. The van der Waals surface area contributed by atoms with E-state index in [1.165, 1.54) is 0 Å². The van der Waals surface area contributed by atoms with Gasteiger partial charge in [-0.1, -0.05) is 0 Å². The maximum atomic E-state index is 12.9. The highest BCUT2D eigenvalue weighted by atomic mass is 16.8. The molecule has 1 N–H and O–H groups in total. The molecule has 3 aliphatic heterocycles. The third-order valence-electron chi connectivity index (χ3n) is 8.84. The van der Waals surface area contributed by atoms with Crippen molar-refractivity contribution in [3.8, 4) is 0 Å². The Balaban J connectivity index is 2.28. The number of aliphatic hydroxyl groups is 1. The normalized spacial score (nSPS) is 32.3. The highest BCUT2D eigenvalue weighted by molar-refractivity contribution is 5.70. The van der Waals surface area contributed by atoms with Gasteiger partial charge in [-0.2, -0.15) is 0 Å². The van der Waals surface area contributed by atoms with Crippen LogP contribution in [0.2, 0.25) is 0 Å². The topological polar surface area (TPSA) is 329 Å². The van der Waals surface area contributed by atoms with E-state index in [1.807, 2.05) is 0 Å². The molecule has 0 spiro atoms. The van der Waals surface area contributed by atoms with Crippen molar-refractivity contribution in [2.45, 2.75) is 161 Å². The van der Waals surface area contributed by atoms with Crippen LogP contribution in [-0.4, -0.2) is 177 Å². The number of rotatable bonds is 17. The van der Waals surface area contributed by atoms with Crippen molar-refractivity contribution in [2.24, 2.45) is 0 Å². The van der Waals surface area contributed by atoms with Gasteiger partial charge in [-0.3, -0.25) is 47.9 Å². The van der Waals surface area contributed by atoms with E-state index in [1.54, 1.807) is 0 Å². The number of esters is 10. The first-order valence-corrected chi connectivity index (χ1v) is 19.4. The number of hydrogen-bond acceptors (Lipinski definition) is 26. The molecule has 3 heterocycles. The fourth-order valence-corrected chi connectivity index (χ4v) is 6.77. The summed E-state index contributed by atoms with van der Waals surface area (Å²) in [5.41, 5.74) is 0. The van der Waals surface area contributed by atoms with Gasteiger partial charge in [0.2, 0.25) is 0 Å². The van der Waals surface area contributed by atoms with E-state index in [0.29, 0.717) is 0 Å². The first-order chi connectivity index (χ1) is 29.9. The lowest BCUT2D eigenvalue weighted by Crippen LogP contribution is -2.68. The first kappa shape index (κ1) is 52.8. The lowest BCUT2D eigenvalue weighted by Gasteiger charge is -2.50. The van der Waals surface area contributed by atoms with E-state index in [9.17, 15) is 53.1 Å². The van der Waals surface area contributed by atoms with E-state index in [2.05, 4.69) is 0 Å². The molecule has 360 valence electrons. The lowest BCUT2D eigenvalue weighted by atomic mass is 9.95. The smallest absolute Gasteiger partial charge is 0.303 e. The Bertz CT molecular complexity index is 1730. The summed E-state index contributed by atoms with van der Waals surface area (Å²) in [7, 11) is 0. The highest BCUT2D eigenvalue weighted by Gasteiger charge is 2.59. The van der Waals surface area contributed by atoms with Gasteiger partial charge in [0, 0.05) is 69.2 Å². The summed E-state index contributed by atoms with van der Waals surface area (Å²) in [5, 5.41) is 10.9. The van der Waals surface area contributed by atoms with Gasteiger partial charge in [0.15, 0.2) is 61.6 Å². The molecule has 0 unspecified atom stereocenters. The predicted molar refractivity (Wildman–Crippen MR) is 197 cm³/mol. The third-order valence-corrected chi connectivity index (χ3v) is 8.84. The molecule has 15 atom stereocenters. The van der Waals surface area contributed by atoms with E-state index >= 15 is 0 Å². The van der Waals surface area contributed by atoms with Crippen LogP contribution >= 0.6 is 0 Å². The molecular weight excluding hydrogens is 872 g/mol. The zero-order valence-corrected chi connectivity index (χ0v) is 36.4. The van der Waals surface area contributed by atoms with Gasteiger partial charge in [0.25, 0.3) is 0 Å². The number of aliphatic hydroxyl groups excluding tert-OH is 1. The first-order valence-electron chi connectivity index (χ1n) is 19.4. The van der Waals surface area contributed by atoms with Crippen molar-refractivity contribution >= 4 is 59.7 Å². The van der Waals surface area contributed by atoms with Gasteiger partial charge in [-0.05, 0) is 0 Å². The van der Waals surface area contributed by atoms with Crippen molar-refractivity contribution < 1.29 is 124 Å². The van der Waals surface area contributed by atoms with Gasteiger partial charge in [-0.25, -0.2) is 0 Å². The minimum atomic E-state index is -2.02. The number of carbonyl (C=O) groups is 10. The molecule has 3 saturated heterocycles. The minimum absolute atomic E-state index is 0.681. The van der Waals surface area contributed by atoms with Crippen molar-refractivity contribution in [1.29, 1.82) is 0 Å². The molecular formula is C38H52O26. The second-order valence-electron chi connectivity index (χ2n) is 14.3. The van der Waals surface area contributed by atoms with Crippen LogP contribution < -0.4 is 0 Å². The fourth-order valence-electron chi connectivity index (χ4n) is 6.77. The Labute approximate surface area is 364 Å². The molecule has 0 aromatic carbocycles. The molecule has 26 nitrogen and oxygen atoms in total. The fraction of sp³-hybridized carbons (Fsp3) is 0.737. The Kier molecular flexibility index (Phi) is 19.8. The van der Waals surface area contributed by atoms with Crippen molar-refractivity contribution in [2.75, 3.05) is 19.8 Å². The Morgan fingerprint density at radius 3 is 0.906 bits per heavy atom. The zero-order chi connectivity index (χ0) is 48.2. The maximum Gasteiger partial charge on any atom is 0.303 e. The molecule has 3 fully saturated rings. The zero-order valence-electron chi connectivity index (χ0n) is 36.4. The monoisotopic (exact) mass is 924 g/mol. The quantitative estimate of drug-likeness (QED) is 0.123. The van der Waals surface area contributed by atoms with E-state index in [0.717, 1.165) is 69.2 Å². The van der Waals surface area contributed by atoms with Gasteiger partial charge >= 0.3 is 59.7 Å². The Morgan fingerprint density at radius 2 is 0.578 bits per heavy atom. The highest BCUT2D eigenvalue weighted by Crippen LogP contribution is 2.38. The average Bonchev–Trinajstić information content (AvgIpc) is 3.15. The number of carbonyl (C=O) groups excluding carboxylic acids is 10. The summed E-state index contributed by atoms with van der Waals surface area (Å²) >= 11 is 0. The molecule has 0 aliphatic carbocycles. The van der Waals surface area contributed by atoms with Gasteiger partial charge in [0.1, 0.15) is 50.3 Å². The molecule has 0 amide bonds. The number of hydrogen-bond donors (Lipinski definition) is 1. The van der Waals surface area contributed by atoms with E-state index in [-0.39, 0.29) is 0 Å². The summed E-state index contributed by atoms with van der Waals surface area (Å²) < 4.78 is 84.2. The minimum Gasteiger partial charge on any atom is -0.463 e. The SMILES string of the molecule is CC(=O)OC[C@H]1O[C@H](O[C@@H]2[C@H](OC(C)=O)[C@@H](OC(C)=O)[C@H](O[C@H]3[C@H](OC(C)=O)[C@@H](OC(C)=O)[C@H](O)O[C@@H]3COC(C)=O)O[C@@H]2COC(C)=O)[C@H](OC(C)=O)[C@@H](OC(C)=O)[C@H]1OC(C)=O. The summed E-state index contributed by atoms with van der Waals surface area (Å²) in [6, 6.07) is 0. The molecule has 0 saturated carbocycles. The Morgan fingerprint density at radius 1 is 0.328 bits per heavy atom. The summed E-state index contributed by atoms with van der Waals surface area (Å²) in [6.07, 6.45) is -27.2. The van der Waals surface area contributed by atoms with Crippen molar-refractivity contribution in [3.05, 3.63) is 0 Å². The van der Waals surface area contributed by atoms with Crippen LogP contribution in [0.3, 0.4) is 0 Å². The second-order valence-corrected chi connectivity index (χ2v) is 14.3. The molecule has 0 bridgehead atoms. The molecule has 64 heavy (non-hydrogen) atoms. The maximum absolute atomic E-state index is 12.9. The molecule has 0 aromatic rings. The van der Waals surface area contributed by atoms with E-state index < -0.39 is 172 Å². The molecule has 3 rings (SSSR count).